The van der Waals surface area contributed by atoms with Crippen molar-refractivity contribution in [2.75, 3.05) is 21.1 Å². The summed E-state index contributed by atoms with van der Waals surface area (Å²) in [5, 5.41) is 8.60. The smallest absolute Gasteiger partial charge is 0.276 e. The lowest BCUT2D eigenvalue weighted by atomic mass is 10.1. The number of nitrogens with one attached hydrogen (secondary N) is 2. The highest BCUT2D eigenvalue weighted by Crippen LogP contribution is 2.32. The molecule has 2 aromatic carbocycles. The average Bonchev–Trinajstić information content (AvgIpc) is 3.13. The first-order valence-corrected chi connectivity index (χ1v) is 9.42. The summed E-state index contributed by atoms with van der Waals surface area (Å²) < 4.78 is 5.99. The number of amides is 1. The van der Waals surface area contributed by atoms with Gasteiger partial charge in [-0.1, -0.05) is 35.9 Å². The number of halogens is 3. The van der Waals surface area contributed by atoms with Gasteiger partial charge in [0.15, 0.2) is 5.96 Å². The second kappa shape index (κ2) is 11.2. The lowest BCUT2D eigenvalue weighted by molar-refractivity contribution is 0.0864. The number of nitrogens with two attached hydrogens (primary N) is 1. The van der Waals surface area contributed by atoms with Crippen LogP contribution in [-0.2, 0) is 13.2 Å². The number of aromatic nitrogens is 1. The van der Waals surface area contributed by atoms with Gasteiger partial charge < -0.3 is 20.4 Å². The topological polar surface area (TPSA) is 98.4 Å². The maximum atomic E-state index is 12.5. The fraction of sp³-hybridized carbons (Fsp3) is 0.238. The lowest BCUT2D eigenvalue weighted by Crippen LogP contribution is -2.38. The van der Waals surface area contributed by atoms with Crippen molar-refractivity contribution in [1.82, 2.24) is 14.8 Å². The zero-order valence-corrected chi connectivity index (χ0v) is 19.8. The van der Waals surface area contributed by atoms with Crippen LogP contribution in [-0.4, -0.2) is 47.8 Å². The first-order chi connectivity index (χ1) is 13.8. The number of carbonyl (C=O) groups is 1. The van der Waals surface area contributed by atoms with Crippen molar-refractivity contribution in [2.45, 2.75) is 13.2 Å². The fourth-order valence-electron chi connectivity index (χ4n) is 2.95. The number of benzene rings is 2. The van der Waals surface area contributed by atoms with E-state index < -0.39 is 5.91 Å². The fourth-order valence-corrected chi connectivity index (χ4v) is 3.16. The van der Waals surface area contributed by atoms with E-state index in [0.717, 1.165) is 17.0 Å². The molecule has 10 heteroatoms. The van der Waals surface area contributed by atoms with Crippen molar-refractivity contribution in [1.29, 1.82) is 5.41 Å². The highest BCUT2D eigenvalue weighted by Gasteiger charge is 2.19. The normalized spacial score (nSPS) is 10.4. The average molecular weight is 487 g/mol. The van der Waals surface area contributed by atoms with Gasteiger partial charge in [0.2, 0.25) is 0 Å². The maximum Gasteiger partial charge on any atom is 0.276 e. The number of H-pyrrole nitrogens is 1. The molecule has 0 radical (unpaired) electrons. The number of fused-ring (bicyclic) bond motifs is 1. The minimum atomic E-state index is -0.424. The van der Waals surface area contributed by atoms with Crippen LogP contribution >= 0.6 is 36.4 Å². The zero-order chi connectivity index (χ0) is 21.1. The van der Waals surface area contributed by atoms with Crippen LogP contribution in [0.25, 0.3) is 10.9 Å². The zero-order valence-electron chi connectivity index (χ0n) is 17.4. The van der Waals surface area contributed by atoms with E-state index >= 15 is 0 Å². The second-order valence-corrected chi connectivity index (χ2v) is 7.52. The number of nitrogens with zero attached hydrogens (tertiary/aromatic N) is 2. The quantitative estimate of drug-likeness (QED) is 0.358. The van der Waals surface area contributed by atoms with Gasteiger partial charge in [0.1, 0.15) is 18.1 Å². The van der Waals surface area contributed by atoms with Crippen LogP contribution in [0, 0.1) is 5.41 Å². The Morgan fingerprint density at radius 1 is 1.10 bits per heavy atom. The van der Waals surface area contributed by atoms with E-state index in [4.69, 9.17) is 27.5 Å². The summed E-state index contributed by atoms with van der Waals surface area (Å²) in [5.41, 5.74) is 8.57. The van der Waals surface area contributed by atoms with Gasteiger partial charge in [0.05, 0.1) is 10.5 Å². The van der Waals surface area contributed by atoms with Crippen LogP contribution in [0.15, 0.2) is 42.5 Å². The minimum Gasteiger partial charge on any atom is -0.487 e. The third-order valence-electron chi connectivity index (χ3n) is 4.51. The first kappa shape index (κ1) is 26.6. The number of hydrogen-bond donors (Lipinski definition) is 3. The van der Waals surface area contributed by atoms with E-state index in [-0.39, 0.29) is 36.5 Å². The van der Waals surface area contributed by atoms with Crippen molar-refractivity contribution >= 4 is 59.2 Å². The van der Waals surface area contributed by atoms with Crippen LogP contribution in [0.2, 0.25) is 5.02 Å². The molecule has 0 fully saturated rings. The molecule has 4 N–H and O–H groups in total. The molecule has 1 aromatic heterocycles. The Hall–Kier alpha value is -2.45. The minimum absolute atomic E-state index is 0. The second-order valence-electron chi connectivity index (χ2n) is 7.11. The number of rotatable bonds is 6. The Kier molecular flexibility index (Phi) is 9.65. The predicted octanol–water partition coefficient (Wildman–Crippen LogP) is 4.27. The van der Waals surface area contributed by atoms with Crippen molar-refractivity contribution < 1.29 is 9.53 Å². The number of aromatic amines is 1. The van der Waals surface area contributed by atoms with Gasteiger partial charge in [-0.15, -0.1) is 24.8 Å². The molecule has 3 aromatic rings. The highest BCUT2D eigenvalue weighted by molar-refractivity contribution is 6.35. The third kappa shape index (κ3) is 6.27. The maximum absolute atomic E-state index is 12.5. The first-order valence-electron chi connectivity index (χ1n) is 9.05. The largest absolute Gasteiger partial charge is 0.487 e. The van der Waals surface area contributed by atoms with Gasteiger partial charge in [0, 0.05) is 19.0 Å². The molecule has 0 aliphatic rings. The molecule has 0 unspecified atom stereocenters. The molecule has 0 saturated heterocycles. The van der Waals surface area contributed by atoms with E-state index in [9.17, 15) is 4.79 Å². The molecule has 7 nitrogen and oxygen atoms in total. The monoisotopic (exact) mass is 485 g/mol. The molecular formula is C21H26Cl3N5O2. The van der Waals surface area contributed by atoms with Crippen LogP contribution in [0.3, 0.4) is 0 Å². The standard InChI is InChI=1S/C21H24ClN5O2.2ClH/c1-26(2)11-13-4-6-14(7-5-13)12-29-18-9-8-16(22)15-10-17(25-19(15)18)20(28)27(3)21(23)24;;/h4-10,25H,11-12H2,1-3H3,(H3,23,24);2*1H. The summed E-state index contributed by atoms with van der Waals surface area (Å²) in [6.45, 7) is 1.27. The van der Waals surface area contributed by atoms with E-state index in [0.29, 0.717) is 28.3 Å². The van der Waals surface area contributed by atoms with Crippen LogP contribution in [0.4, 0.5) is 0 Å². The van der Waals surface area contributed by atoms with E-state index in [1.54, 1.807) is 18.2 Å². The molecule has 0 bridgehead atoms. The van der Waals surface area contributed by atoms with Crippen molar-refractivity contribution in [3.63, 3.8) is 0 Å². The molecular weight excluding hydrogens is 461 g/mol. The van der Waals surface area contributed by atoms with Crippen molar-refractivity contribution in [3.05, 3.63) is 64.3 Å². The van der Waals surface area contributed by atoms with Crippen LogP contribution < -0.4 is 10.5 Å². The molecule has 0 aliphatic heterocycles. The number of hydrogen-bond acceptors (Lipinski definition) is 4. The molecule has 3 rings (SSSR count). The molecule has 0 saturated carbocycles. The Bertz CT molecular complexity index is 1050. The Morgan fingerprint density at radius 3 is 2.29 bits per heavy atom. The van der Waals surface area contributed by atoms with Crippen molar-refractivity contribution in [2.24, 2.45) is 5.73 Å². The summed E-state index contributed by atoms with van der Waals surface area (Å²) in [7, 11) is 5.51. The predicted molar refractivity (Wildman–Crippen MR) is 130 cm³/mol. The Balaban J connectivity index is 0.00000240. The van der Waals surface area contributed by atoms with Gasteiger partial charge in [-0.2, -0.15) is 0 Å². The Labute approximate surface area is 198 Å². The lowest BCUT2D eigenvalue weighted by Gasteiger charge is -2.13. The molecule has 1 amide bonds. The van der Waals surface area contributed by atoms with Gasteiger partial charge in [-0.05, 0) is 43.4 Å². The van der Waals surface area contributed by atoms with Crippen LogP contribution in [0.5, 0.6) is 5.75 Å². The molecule has 168 valence electrons. The summed E-state index contributed by atoms with van der Waals surface area (Å²) in [6.07, 6.45) is 0. The molecule has 31 heavy (non-hydrogen) atoms. The van der Waals surface area contributed by atoms with Gasteiger partial charge in [-0.3, -0.25) is 15.1 Å². The van der Waals surface area contributed by atoms with Gasteiger partial charge in [0.25, 0.3) is 5.91 Å². The SMILES string of the molecule is CN(C)Cc1ccc(COc2ccc(Cl)c3cc(C(=O)N(C)C(=N)N)[nH]c23)cc1.Cl.Cl. The van der Waals surface area contributed by atoms with E-state index in [1.165, 1.54) is 12.6 Å². The van der Waals surface area contributed by atoms with Gasteiger partial charge in [-0.25, -0.2) is 0 Å². The number of carbonyl (C=O) groups excluding carboxylic acids is 1. The summed E-state index contributed by atoms with van der Waals surface area (Å²) in [5.74, 6) is -0.174. The molecule has 0 spiro atoms. The summed E-state index contributed by atoms with van der Waals surface area (Å²) in [6, 6.07) is 13.4. The summed E-state index contributed by atoms with van der Waals surface area (Å²) in [4.78, 5) is 18.7. The van der Waals surface area contributed by atoms with Crippen molar-refractivity contribution in [3.8, 4) is 5.75 Å². The highest BCUT2D eigenvalue weighted by atomic mass is 35.5. The van der Waals surface area contributed by atoms with E-state index in [1.807, 2.05) is 26.2 Å². The molecule has 1 heterocycles. The third-order valence-corrected chi connectivity index (χ3v) is 4.84. The van der Waals surface area contributed by atoms with Crippen LogP contribution in [0.1, 0.15) is 21.6 Å². The van der Waals surface area contributed by atoms with E-state index in [2.05, 4.69) is 22.0 Å². The summed E-state index contributed by atoms with van der Waals surface area (Å²) >= 11 is 6.29. The van der Waals surface area contributed by atoms with Gasteiger partial charge >= 0.3 is 0 Å². The Morgan fingerprint density at radius 2 is 1.71 bits per heavy atom. The number of guanidine groups is 1. The number of ether oxygens (including phenoxy) is 1. The molecule has 0 atom stereocenters. The molecule has 0 aliphatic carbocycles.